The van der Waals surface area contributed by atoms with E-state index in [4.69, 9.17) is 5.11 Å². The average molecular weight is 329 g/mol. The van der Waals surface area contributed by atoms with Crippen LogP contribution < -0.4 is 5.32 Å². The van der Waals surface area contributed by atoms with E-state index in [0.717, 1.165) is 35.2 Å². The van der Waals surface area contributed by atoms with E-state index in [1.165, 1.54) is 6.07 Å². The summed E-state index contributed by atoms with van der Waals surface area (Å²) in [5.41, 5.74) is 0.0367. The minimum Gasteiger partial charge on any atom is -0.477 e. The van der Waals surface area contributed by atoms with Gasteiger partial charge in [-0.2, -0.15) is 0 Å². The minimum absolute atomic E-state index is 0.00786. The smallest absolute Gasteiger partial charge is 0.345 e. The second-order valence-corrected chi connectivity index (χ2v) is 5.91. The average Bonchev–Trinajstić information content (AvgIpc) is 2.84. The normalized spacial score (nSPS) is 10.4. The quantitative estimate of drug-likeness (QED) is 0.825. The molecule has 0 unspecified atom stereocenters. The molecule has 8 heteroatoms. The number of aromatic carboxylic acids is 1. The van der Waals surface area contributed by atoms with Crippen LogP contribution in [0.25, 0.3) is 0 Å². The van der Waals surface area contributed by atoms with Crippen LogP contribution in [0.1, 0.15) is 9.67 Å². The standard InChI is InChI=1S/C13H9F2NO3S2/c14-7-1-8(15)3-9(2-7)16-12(17)6-20-10-4-11(13(18)19)21-5-10/h1-5H,6H2,(H,16,17)(H,18,19). The Hall–Kier alpha value is -1.93. The zero-order valence-electron chi connectivity index (χ0n) is 10.4. The lowest BCUT2D eigenvalue weighted by atomic mass is 10.3. The number of anilines is 1. The molecule has 2 N–H and O–H groups in total. The van der Waals surface area contributed by atoms with Gasteiger partial charge in [0.25, 0.3) is 0 Å². The fourth-order valence-corrected chi connectivity index (χ4v) is 3.15. The van der Waals surface area contributed by atoms with E-state index in [-0.39, 0.29) is 16.3 Å². The van der Waals surface area contributed by atoms with E-state index in [1.54, 1.807) is 5.38 Å². The van der Waals surface area contributed by atoms with Gasteiger partial charge in [0.2, 0.25) is 5.91 Å². The summed E-state index contributed by atoms with van der Waals surface area (Å²) in [7, 11) is 0. The summed E-state index contributed by atoms with van der Waals surface area (Å²) in [5.74, 6) is -3.00. The summed E-state index contributed by atoms with van der Waals surface area (Å²) in [6, 6.07) is 4.20. The van der Waals surface area contributed by atoms with Gasteiger partial charge >= 0.3 is 5.97 Å². The van der Waals surface area contributed by atoms with Crippen LogP contribution in [0.15, 0.2) is 34.5 Å². The lowest BCUT2D eigenvalue weighted by Gasteiger charge is -2.05. The molecule has 0 spiro atoms. The van der Waals surface area contributed by atoms with Crippen molar-refractivity contribution < 1.29 is 23.5 Å². The molecule has 0 aliphatic rings. The zero-order chi connectivity index (χ0) is 15.4. The lowest BCUT2D eigenvalue weighted by molar-refractivity contribution is -0.113. The fraction of sp³-hybridized carbons (Fsp3) is 0.0769. The Bertz CT molecular complexity index is 668. The molecule has 1 amide bonds. The number of nitrogens with one attached hydrogen (secondary N) is 1. The Labute approximate surface area is 126 Å². The molecule has 0 saturated heterocycles. The van der Waals surface area contributed by atoms with Crippen LogP contribution in [0.2, 0.25) is 0 Å². The molecule has 21 heavy (non-hydrogen) atoms. The Morgan fingerprint density at radius 2 is 1.86 bits per heavy atom. The molecule has 0 saturated carbocycles. The van der Waals surface area contributed by atoms with Crippen LogP contribution in [0.5, 0.6) is 0 Å². The number of halogens is 2. The Morgan fingerprint density at radius 3 is 2.43 bits per heavy atom. The molecule has 110 valence electrons. The molecular weight excluding hydrogens is 320 g/mol. The Balaban J connectivity index is 1.90. The van der Waals surface area contributed by atoms with Gasteiger partial charge in [-0.25, -0.2) is 13.6 Å². The maximum atomic E-state index is 13.0. The van der Waals surface area contributed by atoms with Gasteiger partial charge in [0.1, 0.15) is 16.5 Å². The first-order chi connectivity index (χ1) is 9.94. The van der Waals surface area contributed by atoms with Crippen LogP contribution >= 0.6 is 23.1 Å². The second kappa shape index (κ2) is 6.68. The van der Waals surface area contributed by atoms with Crippen LogP contribution in [-0.4, -0.2) is 22.7 Å². The summed E-state index contributed by atoms with van der Waals surface area (Å²) in [6.45, 7) is 0. The van der Waals surface area contributed by atoms with E-state index in [1.807, 2.05) is 0 Å². The predicted molar refractivity (Wildman–Crippen MR) is 77.0 cm³/mol. The highest BCUT2D eigenvalue weighted by Crippen LogP contribution is 2.25. The monoisotopic (exact) mass is 329 g/mol. The third-order valence-electron chi connectivity index (χ3n) is 2.30. The molecule has 0 aliphatic carbocycles. The van der Waals surface area contributed by atoms with Crippen molar-refractivity contribution in [3.05, 3.63) is 46.2 Å². The zero-order valence-corrected chi connectivity index (χ0v) is 12.1. The van der Waals surface area contributed by atoms with Crippen molar-refractivity contribution in [1.82, 2.24) is 0 Å². The number of benzene rings is 1. The summed E-state index contributed by atoms with van der Waals surface area (Å²) in [6.07, 6.45) is 0. The molecule has 4 nitrogen and oxygen atoms in total. The van der Waals surface area contributed by atoms with E-state index >= 15 is 0 Å². The van der Waals surface area contributed by atoms with Crippen molar-refractivity contribution in [3.8, 4) is 0 Å². The predicted octanol–water partition coefficient (Wildman–Crippen LogP) is 3.46. The maximum absolute atomic E-state index is 13.0. The topological polar surface area (TPSA) is 66.4 Å². The van der Waals surface area contributed by atoms with Crippen LogP contribution in [0.3, 0.4) is 0 Å². The summed E-state index contributed by atoms with van der Waals surface area (Å²) < 4.78 is 25.9. The third-order valence-corrected chi connectivity index (χ3v) is 4.35. The number of hydrogen-bond donors (Lipinski definition) is 2. The molecule has 1 aromatic heterocycles. The Morgan fingerprint density at radius 1 is 1.19 bits per heavy atom. The van der Waals surface area contributed by atoms with E-state index in [9.17, 15) is 18.4 Å². The molecule has 0 aliphatic heterocycles. The first kappa shape index (κ1) is 15.5. The van der Waals surface area contributed by atoms with Crippen molar-refractivity contribution in [2.24, 2.45) is 0 Å². The molecule has 0 bridgehead atoms. The molecule has 1 aromatic carbocycles. The third kappa shape index (κ3) is 4.54. The summed E-state index contributed by atoms with van der Waals surface area (Å²) >= 11 is 2.21. The molecule has 2 aromatic rings. The fourth-order valence-electron chi connectivity index (χ4n) is 1.48. The minimum atomic E-state index is -1.02. The number of carboxylic acids is 1. The number of carbonyl (C=O) groups is 2. The number of carboxylic acid groups (broad SMARTS) is 1. The molecule has 0 radical (unpaired) electrons. The van der Waals surface area contributed by atoms with Gasteiger partial charge in [0.15, 0.2) is 0 Å². The number of hydrogen-bond acceptors (Lipinski definition) is 4. The van der Waals surface area contributed by atoms with Crippen LogP contribution in [-0.2, 0) is 4.79 Å². The first-order valence-corrected chi connectivity index (χ1v) is 7.51. The maximum Gasteiger partial charge on any atom is 0.345 e. The molecular formula is C13H9F2NO3S2. The summed E-state index contributed by atoms with van der Waals surface area (Å²) in [5, 5.41) is 12.8. The van der Waals surface area contributed by atoms with Gasteiger partial charge in [-0.05, 0) is 18.2 Å². The molecule has 1 heterocycles. The molecule has 0 fully saturated rings. The number of amides is 1. The van der Waals surface area contributed by atoms with E-state index in [0.29, 0.717) is 11.0 Å². The summed E-state index contributed by atoms with van der Waals surface area (Å²) in [4.78, 5) is 23.2. The highest BCUT2D eigenvalue weighted by Gasteiger charge is 2.10. The Kier molecular flexibility index (Phi) is 4.92. The van der Waals surface area contributed by atoms with Crippen molar-refractivity contribution in [3.63, 3.8) is 0 Å². The van der Waals surface area contributed by atoms with E-state index < -0.39 is 23.5 Å². The van der Waals surface area contributed by atoms with Crippen molar-refractivity contribution >= 4 is 40.7 Å². The van der Waals surface area contributed by atoms with Gasteiger partial charge in [-0.15, -0.1) is 23.1 Å². The van der Waals surface area contributed by atoms with Crippen LogP contribution in [0.4, 0.5) is 14.5 Å². The highest BCUT2D eigenvalue weighted by molar-refractivity contribution is 8.00. The van der Waals surface area contributed by atoms with Gasteiger partial charge in [0.05, 0.1) is 5.75 Å². The second-order valence-electron chi connectivity index (χ2n) is 3.95. The molecule has 0 atom stereocenters. The van der Waals surface area contributed by atoms with Crippen molar-refractivity contribution in [2.45, 2.75) is 4.90 Å². The van der Waals surface area contributed by atoms with Gasteiger partial charge in [0, 0.05) is 22.0 Å². The van der Waals surface area contributed by atoms with E-state index in [2.05, 4.69) is 5.32 Å². The number of rotatable bonds is 5. The number of thioether (sulfide) groups is 1. The molecule has 2 rings (SSSR count). The number of carbonyl (C=O) groups excluding carboxylic acids is 1. The van der Waals surface area contributed by atoms with Gasteiger partial charge in [-0.1, -0.05) is 0 Å². The first-order valence-electron chi connectivity index (χ1n) is 5.64. The van der Waals surface area contributed by atoms with Gasteiger partial charge in [-0.3, -0.25) is 4.79 Å². The van der Waals surface area contributed by atoms with Crippen molar-refractivity contribution in [2.75, 3.05) is 11.1 Å². The largest absolute Gasteiger partial charge is 0.477 e. The van der Waals surface area contributed by atoms with Crippen LogP contribution in [0, 0.1) is 11.6 Å². The van der Waals surface area contributed by atoms with Crippen molar-refractivity contribution in [1.29, 1.82) is 0 Å². The number of thiophene rings is 1. The SMILES string of the molecule is O=C(CSc1csc(C(=O)O)c1)Nc1cc(F)cc(F)c1. The highest BCUT2D eigenvalue weighted by atomic mass is 32.2. The lowest BCUT2D eigenvalue weighted by Crippen LogP contribution is -2.14. The van der Waals surface area contributed by atoms with Gasteiger partial charge < -0.3 is 10.4 Å².